The summed E-state index contributed by atoms with van der Waals surface area (Å²) in [5.74, 6) is 0. The summed E-state index contributed by atoms with van der Waals surface area (Å²) in [4.78, 5) is 18.9. The molecule has 8 nitrogen and oxygen atoms in total. The first kappa shape index (κ1) is 14.1. The summed E-state index contributed by atoms with van der Waals surface area (Å²) in [5, 5.41) is 28.4. The molecule has 106 valence electrons. The van der Waals surface area contributed by atoms with Crippen molar-refractivity contribution in [2.45, 2.75) is 0 Å². The van der Waals surface area contributed by atoms with Crippen LogP contribution in [0.3, 0.4) is 0 Å². The van der Waals surface area contributed by atoms with E-state index in [0.29, 0.717) is 0 Å². The van der Waals surface area contributed by atoms with Crippen LogP contribution >= 0.6 is 0 Å². The number of nitro groups is 2. The van der Waals surface area contributed by atoms with E-state index in [9.17, 15) is 20.2 Å². The van der Waals surface area contributed by atoms with Crippen molar-refractivity contribution in [2.75, 3.05) is 0 Å². The van der Waals surface area contributed by atoms with Gasteiger partial charge >= 0.3 is 11.4 Å². The van der Waals surface area contributed by atoms with Crippen LogP contribution in [0.2, 0.25) is 0 Å². The van der Waals surface area contributed by atoms with E-state index in [1.54, 1.807) is 0 Å². The number of nitro benzene ring substituents is 2. The predicted molar refractivity (Wildman–Crippen MR) is 75.8 cm³/mol. The molecule has 0 saturated heterocycles. The van der Waals surface area contributed by atoms with Crippen LogP contribution in [0.5, 0.6) is 0 Å². The summed E-state index contributed by atoms with van der Waals surface area (Å²) in [7, 11) is 0. The van der Waals surface area contributed by atoms with E-state index in [2.05, 4.69) is 10.2 Å². The van der Waals surface area contributed by atoms with Crippen molar-refractivity contribution in [1.29, 1.82) is 0 Å². The van der Waals surface area contributed by atoms with Crippen molar-refractivity contribution in [3.8, 4) is 0 Å². The number of benzene rings is 2. The third-order valence-electron chi connectivity index (χ3n) is 2.62. The van der Waals surface area contributed by atoms with E-state index in [4.69, 9.17) is 0 Å². The topological polar surface area (TPSA) is 115 Å². The van der Waals surface area contributed by atoms with Gasteiger partial charge in [-0.25, -0.2) is 0 Å². The van der Waals surface area contributed by atoms with Gasteiger partial charge in [-0.15, -0.1) is 0 Å². The van der Waals surface area contributed by atoms with Crippen molar-refractivity contribution >= 4 is 22.3 Å². The minimum atomic E-state index is -0.780. The van der Waals surface area contributed by atoms with E-state index in [0.717, 1.165) is 23.0 Å². The maximum atomic E-state index is 10.2. The van der Waals surface area contributed by atoms with E-state index in [-0.39, 0.29) is 0 Å². The number of nitrogens with zero attached hydrogens (tertiary/aromatic N) is 3. The molecule has 8 heteroatoms. The lowest BCUT2D eigenvalue weighted by molar-refractivity contribution is -0.422. The van der Waals surface area contributed by atoms with Crippen LogP contribution in [0.25, 0.3) is 10.9 Å². The highest BCUT2D eigenvalue weighted by atomic mass is 16.6. The fraction of sp³-hybridized carbons (Fsp3) is 0. The number of H-pyrrole nitrogens is 1. The van der Waals surface area contributed by atoms with Crippen LogP contribution in [0.4, 0.5) is 11.4 Å². The molecular weight excluding hydrogens is 276 g/mol. The molecule has 0 radical (unpaired) electrons. The van der Waals surface area contributed by atoms with Gasteiger partial charge in [-0.2, -0.15) is 5.10 Å². The molecule has 0 aliphatic heterocycles. The Hall–Kier alpha value is -3.29. The molecule has 3 aromatic rings. The van der Waals surface area contributed by atoms with Crippen molar-refractivity contribution in [3.63, 3.8) is 0 Å². The van der Waals surface area contributed by atoms with Crippen LogP contribution in [0.15, 0.2) is 54.7 Å². The van der Waals surface area contributed by atoms with E-state index < -0.39 is 21.2 Å². The van der Waals surface area contributed by atoms with Crippen LogP contribution in [-0.4, -0.2) is 20.0 Å². The summed E-state index contributed by atoms with van der Waals surface area (Å²) in [6.45, 7) is 0. The third-order valence-corrected chi connectivity index (χ3v) is 2.62. The van der Waals surface area contributed by atoms with Gasteiger partial charge in [-0.3, -0.25) is 25.3 Å². The minimum absolute atomic E-state index is 0.484. The van der Waals surface area contributed by atoms with E-state index in [1.165, 1.54) is 12.1 Å². The Morgan fingerprint density at radius 1 is 0.857 bits per heavy atom. The molecule has 21 heavy (non-hydrogen) atoms. The molecule has 1 aromatic heterocycles. The molecule has 0 saturated carbocycles. The Balaban J connectivity index is 0.000000159. The fourth-order valence-corrected chi connectivity index (χ4v) is 1.66. The molecular formula is C13H10N4O4. The molecule has 1 N–H and O–H groups in total. The number of fused-ring (bicyclic) bond motifs is 1. The molecule has 1 heterocycles. The minimum Gasteiger partial charge on any atom is -0.278 e. The summed E-state index contributed by atoms with van der Waals surface area (Å²) in [6.07, 6.45) is 1.81. The number of aromatic nitrogens is 2. The van der Waals surface area contributed by atoms with Crippen molar-refractivity contribution < 1.29 is 9.85 Å². The second-order valence-electron chi connectivity index (χ2n) is 3.96. The maximum Gasteiger partial charge on any atom is 0.346 e. The zero-order valence-corrected chi connectivity index (χ0v) is 10.7. The monoisotopic (exact) mass is 286 g/mol. The molecule has 0 amide bonds. The first-order valence-electron chi connectivity index (χ1n) is 5.85. The van der Waals surface area contributed by atoms with Gasteiger partial charge in [0.2, 0.25) is 0 Å². The van der Waals surface area contributed by atoms with Gasteiger partial charge in [-0.1, -0.05) is 30.3 Å². The summed E-state index contributed by atoms with van der Waals surface area (Å²) < 4.78 is 0. The third kappa shape index (κ3) is 3.38. The molecule has 0 fully saturated rings. The SMILES string of the molecule is O=[N+]([O-])c1ccccc1[N+](=O)[O-].c1ccc2[nH]ncc2c1. The number of rotatable bonds is 2. The van der Waals surface area contributed by atoms with Crippen molar-refractivity contribution in [3.05, 3.63) is 75.0 Å². The number of hydrogen-bond donors (Lipinski definition) is 1. The predicted octanol–water partition coefficient (Wildman–Crippen LogP) is 3.07. The lowest BCUT2D eigenvalue weighted by Crippen LogP contribution is -1.95. The van der Waals surface area contributed by atoms with Crippen molar-refractivity contribution in [2.24, 2.45) is 0 Å². The summed E-state index contributed by atoms with van der Waals surface area (Å²) in [6, 6.07) is 13.0. The first-order valence-corrected chi connectivity index (χ1v) is 5.85. The van der Waals surface area contributed by atoms with Crippen LogP contribution in [-0.2, 0) is 0 Å². The van der Waals surface area contributed by atoms with Gasteiger partial charge in [0.1, 0.15) is 0 Å². The lowest BCUT2D eigenvalue weighted by Gasteiger charge is -1.91. The second kappa shape index (κ2) is 6.24. The Morgan fingerprint density at radius 3 is 1.90 bits per heavy atom. The summed E-state index contributed by atoms with van der Waals surface area (Å²) in [5.41, 5.74) is 0.127. The zero-order valence-electron chi connectivity index (χ0n) is 10.7. The normalized spacial score (nSPS) is 9.71. The lowest BCUT2D eigenvalue weighted by atomic mass is 10.3. The molecule has 3 rings (SSSR count). The quantitative estimate of drug-likeness (QED) is 0.574. The highest BCUT2D eigenvalue weighted by Gasteiger charge is 2.21. The summed E-state index contributed by atoms with van der Waals surface area (Å²) >= 11 is 0. The molecule has 0 atom stereocenters. The van der Waals surface area contributed by atoms with Crippen LogP contribution < -0.4 is 0 Å². The molecule has 0 aliphatic carbocycles. The van der Waals surface area contributed by atoms with Crippen molar-refractivity contribution in [1.82, 2.24) is 10.2 Å². The Labute approximate surface area is 118 Å². The average Bonchev–Trinajstić information content (AvgIpc) is 2.96. The average molecular weight is 286 g/mol. The van der Waals surface area contributed by atoms with Gasteiger partial charge < -0.3 is 0 Å². The molecule has 2 aromatic carbocycles. The molecule has 0 aliphatic rings. The number of para-hydroxylation sites is 3. The van der Waals surface area contributed by atoms with Gasteiger partial charge in [0.05, 0.1) is 21.6 Å². The molecule has 0 unspecified atom stereocenters. The highest BCUT2D eigenvalue weighted by molar-refractivity contribution is 5.77. The Morgan fingerprint density at radius 2 is 1.38 bits per heavy atom. The Bertz CT molecular complexity index is 721. The van der Waals surface area contributed by atoms with E-state index >= 15 is 0 Å². The molecule has 0 spiro atoms. The Kier molecular flexibility index (Phi) is 4.20. The van der Waals surface area contributed by atoms with Gasteiger partial charge in [0.15, 0.2) is 0 Å². The fourth-order valence-electron chi connectivity index (χ4n) is 1.66. The number of nitrogens with one attached hydrogen (secondary N) is 1. The standard InChI is InChI=1S/C7H6N2.C6H4N2O4/c1-2-4-7-6(3-1)5-8-9-7;9-7(10)5-3-1-2-4-6(5)8(11)12/h1-5H,(H,8,9);1-4H. The first-order chi connectivity index (χ1) is 10.1. The largest absolute Gasteiger partial charge is 0.346 e. The highest BCUT2D eigenvalue weighted by Crippen LogP contribution is 2.24. The van der Waals surface area contributed by atoms with E-state index in [1.807, 2.05) is 30.5 Å². The number of hydrogen-bond acceptors (Lipinski definition) is 5. The van der Waals surface area contributed by atoms with Crippen LogP contribution in [0.1, 0.15) is 0 Å². The van der Waals surface area contributed by atoms with Gasteiger partial charge in [-0.05, 0) is 6.07 Å². The maximum absolute atomic E-state index is 10.2. The molecule has 0 bridgehead atoms. The van der Waals surface area contributed by atoms with Crippen LogP contribution in [0, 0.1) is 20.2 Å². The number of aromatic amines is 1. The second-order valence-corrected chi connectivity index (χ2v) is 3.96. The zero-order chi connectivity index (χ0) is 15.2. The van der Waals surface area contributed by atoms with Gasteiger partial charge in [0.25, 0.3) is 0 Å². The van der Waals surface area contributed by atoms with Gasteiger partial charge in [0, 0.05) is 17.5 Å². The smallest absolute Gasteiger partial charge is 0.278 e.